The fourth-order valence-electron chi connectivity index (χ4n) is 0.830. The smallest absolute Gasteiger partial charge is 0.124 e. The summed E-state index contributed by atoms with van der Waals surface area (Å²) in [4.78, 5) is 0. The molecule has 0 aromatic heterocycles. The first kappa shape index (κ1) is 11.3. The van der Waals surface area contributed by atoms with Gasteiger partial charge in [-0.05, 0) is 54.9 Å². The van der Waals surface area contributed by atoms with E-state index < -0.39 is 0 Å². The third kappa shape index (κ3) is 3.51. The molecule has 0 unspecified atom stereocenters. The Kier molecular flexibility index (Phi) is 3.34. The topological polar surface area (TPSA) is 0 Å². The first-order chi connectivity index (χ1) is 6.38. The summed E-state index contributed by atoms with van der Waals surface area (Å²) in [6.07, 6.45) is 0. The van der Waals surface area contributed by atoms with Crippen LogP contribution in [-0.2, 0) is 0 Å². The molecule has 0 atom stereocenters. The Balaban J connectivity index is 3.06. The maximum absolute atomic E-state index is 12.9. The van der Waals surface area contributed by atoms with Crippen LogP contribution in [0.3, 0.4) is 0 Å². The third-order valence-corrected chi connectivity index (χ3v) is 2.16. The molecule has 2 heteroatoms. The first-order valence-corrected chi connectivity index (χ1v) is 5.01. The van der Waals surface area contributed by atoms with E-state index >= 15 is 0 Å². The van der Waals surface area contributed by atoms with Gasteiger partial charge in [-0.25, -0.2) is 4.39 Å². The molecule has 0 saturated carbocycles. The highest BCUT2D eigenvalue weighted by atomic mass is 79.9. The van der Waals surface area contributed by atoms with Crippen molar-refractivity contribution in [2.75, 3.05) is 0 Å². The molecule has 0 nitrogen and oxygen atoms in total. The second-order valence-corrected chi connectivity index (χ2v) is 4.61. The zero-order valence-electron chi connectivity index (χ0n) is 8.20. The lowest BCUT2D eigenvalue weighted by Crippen LogP contribution is -2.00. The average Bonchev–Trinajstić information content (AvgIpc) is 2.05. The number of hydrogen-bond donors (Lipinski definition) is 0. The number of rotatable bonds is 0. The highest BCUT2D eigenvalue weighted by Gasteiger charge is 2.04. The van der Waals surface area contributed by atoms with Crippen LogP contribution in [0.1, 0.15) is 19.4 Å². The van der Waals surface area contributed by atoms with Crippen LogP contribution in [0.2, 0.25) is 0 Å². The fraction of sp³-hybridized carbons (Fsp3) is 0.250. The van der Waals surface area contributed by atoms with Crippen molar-refractivity contribution in [1.82, 2.24) is 0 Å². The van der Waals surface area contributed by atoms with Crippen LogP contribution in [0, 0.1) is 30.0 Å². The molecule has 1 aromatic carbocycles. The second kappa shape index (κ2) is 4.14. The highest BCUT2D eigenvalue weighted by molar-refractivity contribution is 9.10. The van der Waals surface area contributed by atoms with Crippen LogP contribution >= 0.6 is 15.9 Å². The largest absolute Gasteiger partial charge is 0.207 e. The summed E-state index contributed by atoms with van der Waals surface area (Å²) in [6, 6.07) is 4.45. The van der Waals surface area contributed by atoms with Crippen molar-refractivity contribution in [2.45, 2.75) is 13.8 Å². The molecule has 1 radical (unpaired) electrons. The molecule has 0 bridgehead atoms. The van der Waals surface area contributed by atoms with Gasteiger partial charge in [0.2, 0.25) is 0 Å². The summed E-state index contributed by atoms with van der Waals surface area (Å²) in [5.41, 5.74) is 0.341. The lowest BCUT2D eigenvalue weighted by atomic mass is 9.97. The van der Waals surface area contributed by atoms with E-state index in [1.165, 1.54) is 12.1 Å². The fourth-order valence-corrected chi connectivity index (χ4v) is 1.18. The van der Waals surface area contributed by atoms with Gasteiger partial charge in [0.15, 0.2) is 0 Å². The average molecular weight is 254 g/mol. The zero-order valence-corrected chi connectivity index (χ0v) is 9.78. The van der Waals surface area contributed by atoms with Crippen LogP contribution in [0.5, 0.6) is 0 Å². The summed E-state index contributed by atoms with van der Waals surface area (Å²) in [5, 5.41) is 0. The van der Waals surface area contributed by atoms with Crippen molar-refractivity contribution in [3.05, 3.63) is 41.0 Å². The van der Waals surface area contributed by atoms with Crippen molar-refractivity contribution in [1.29, 1.82) is 0 Å². The van der Waals surface area contributed by atoms with Crippen LogP contribution in [0.25, 0.3) is 0 Å². The van der Waals surface area contributed by atoms with Crippen LogP contribution < -0.4 is 0 Å². The van der Waals surface area contributed by atoms with Gasteiger partial charge in [0.25, 0.3) is 0 Å². The van der Waals surface area contributed by atoms with Crippen molar-refractivity contribution < 1.29 is 4.39 Å². The van der Waals surface area contributed by atoms with E-state index in [1.54, 1.807) is 6.07 Å². The Hall–Kier alpha value is -0.810. The van der Waals surface area contributed by atoms with Gasteiger partial charge in [-0.15, -0.1) is 0 Å². The summed E-state index contributed by atoms with van der Waals surface area (Å²) >= 11 is 3.31. The van der Waals surface area contributed by atoms with Crippen LogP contribution in [-0.4, -0.2) is 0 Å². The minimum atomic E-state index is -0.314. The van der Waals surface area contributed by atoms with Gasteiger partial charge in [0.1, 0.15) is 5.82 Å². The van der Waals surface area contributed by atoms with E-state index in [-0.39, 0.29) is 11.2 Å². The number of hydrogen-bond acceptors (Lipinski definition) is 0. The van der Waals surface area contributed by atoms with Crippen LogP contribution in [0.4, 0.5) is 4.39 Å². The van der Waals surface area contributed by atoms with Crippen molar-refractivity contribution in [3.63, 3.8) is 0 Å². The Morgan fingerprint density at radius 1 is 1.43 bits per heavy atom. The molecule has 0 aliphatic rings. The SMILES string of the molecule is [CH2]C(C)(C)C#Cc1cc(F)ccc1Br. The molecular formula is C12H11BrF. The van der Waals surface area contributed by atoms with Crippen LogP contribution in [0.15, 0.2) is 22.7 Å². The molecule has 0 spiro atoms. The monoisotopic (exact) mass is 253 g/mol. The second-order valence-electron chi connectivity index (χ2n) is 3.76. The predicted octanol–water partition coefficient (Wildman–Crippen LogP) is 3.80. The molecule has 0 N–H and O–H groups in total. The Morgan fingerprint density at radius 2 is 2.07 bits per heavy atom. The van der Waals surface area contributed by atoms with Crippen molar-refractivity contribution >= 4 is 15.9 Å². The summed E-state index contributed by atoms with van der Waals surface area (Å²) < 4.78 is 13.7. The summed E-state index contributed by atoms with van der Waals surface area (Å²) in [6.45, 7) is 7.67. The van der Waals surface area contributed by atoms with E-state index in [9.17, 15) is 4.39 Å². The molecule has 0 saturated heterocycles. The standard InChI is InChI=1S/C12H11BrF/c1-12(2,3)7-6-9-8-10(14)4-5-11(9)13/h4-5,8H,1H2,2-3H3. The number of benzene rings is 1. The maximum atomic E-state index is 12.9. The molecule has 0 aliphatic carbocycles. The summed E-state index contributed by atoms with van der Waals surface area (Å²) in [7, 11) is 0. The lowest BCUT2D eigenvalue weighted by Gasteiger charge is -2.06. The molecule has 0 fully saturated rings. The van der Waals surface area contributed by atoms with Crippen molar-refractivity contribution in [2.24, 2.45) is 5.41 Å². The molecule has 14 heavy (non-hydrogen) atoms. The molecule has 1 aromatic rings. The van der Waals surface area contributed by atoms with Gasteiger partial charge in [-0.3, -0.25) is 0 Å². The zero-order chi connectivity index (χ0) is 10.8. The Morgan fingerprint density at radius 3 is 2.64 bits per heavy atom. The quantitative estimate of drug-likeness (QED) is 0.618. The van der Waals surface area contributed by atoms with Gasteiger partial charge >= 0.3 is 0 Å². The van der Waals surface area contributed by atoms with Crippen molar-refractivity contribution in [3.8, 4) is 11.8 Å². The van der Waals surface area contributed by atoms with E-state index in [0.717, 1.165) is 4.47 Å². The summed E-state index contributed by atoms with van der Waals surface area (Å²) in [5.74, 6) is 5.56. The minimum absolute atomic E-state index is 0.278. The molecule has 0 aliphatic heterocycles. The van der Waals surface area contributed by atoms with E-state index in [2.05, 4.69) is 34.7 Å². The van der Waals surface area contributed by atoms with E-state index in [1.807, 2.05) is 13.8 Å². The molecular weight excluding hydrogens is 243 g/mol. The third-order valence-electron chi connectivity index (χ3n) is 1.46. The normalized spacial score (nSPS) is 10.6. The molecule has 73 valence electrons. The van der Waals surface area contributed by atoms with E-state index in [0.29, 0.717) is 5.56 Å². The van der Waals surface area contributed by atoms with Gasteiger partial charge in [0.05, 0.1) is 0 Å². The van der Waals surface area contributed by atoms with E-state index in [4.69, 9.17) is 0 Å². The predicted molar refractivity (Wildman–Crippen MR) is 60.1 cm³/mol. The number of halogens is 2. The maximum Gasteiger partial charge on any atom is 0.124 e. The molecule has 0 heterocycles. The Bertz CT molecular complexity index is 391. The minimum Gasteiger partial charge on any atom is -0.207 e. The highest BCUT2D eigenvalue weighted by Crippen LogP contribution is 2.18. The van der Waals surface area contributed by atoms with Gasteiger partial charge in [-0.1, -0.05) is 11.8 Å². The van der Waals surface area contributed by atoms with Gasteiger partial charge in [-0.2, -0.15) is 0 Å². The van der Waals surface area contributed by atoms with Gasteiger partial charge in [0, 0.05) is 15.5 Å². The molecule has 0 amide bonds. The lowest BCUT2D eigenvalue weighted by molar-refractivity contribution is 0.627. The Labute approximate surface area is 92.7 Å². The first-order valence-electron chi connectivity index (χ1n) is 4.22. The van der Waals surface area contributed by atoms with Gasteiger partial charge < -0.3 is 0 Å². The molecule has 1 rings (SSSR count).